The van der Waals surface area contributed by atoms with Gasteiger partial charge in [0.05, 0.1) is 16.4 Å². The highest BCUT2D eigenvalue weighted by Gasteiger charge is 2.09. The standard InChI is InChI=1S/C19H17BrN4O2/c1-2-21-18(25)14-4-3-5-16(10-14)23-19(26)13-6-8-17(9-7-13)24-12-15(20)11-22-24/h3-12H,2H2,1H3,(H,21,25)(H,23,26). The van der Waals surface area contributed by atoms with E-state index in [9.17, 15) is 9.59 Å². The lowest BCUT2D eigenvalue weighted by Gasteiger charge is -2.08. The first kappa shape index (κ1) is 17.9. The fourth-order valence-electron chi connectivity index (χ4n) is 2.41. The van der Waals surface area contributed by atoms with Crippen molar-refractivity contribution in [3.05, 3.63) is 76.5 Å². The SMILES string of the molecule is CCNC(=O)c1cccc(NC(=O)c2ccc(-n3cc(Br)cn3)cc2)c1. The number of halogens is 1. The van der Waals surface area contributed by atoms with E-state index >= 15 is 0 Å². The zero-order valence-corrected chi connectivity index (χ0v) is 15.7. The molecular formula is C19H17BrN4O2. The van der Waals surface area contributed by atoms with Gasteiger partial charge in [-0.25, -0.2) is 4.68 Å². The molecule has 0 radical (unpaired) electrons. The molecule has 0 spiro atoms. The molecule has 7 heteroatoms. The van der Waals surface area contributed by atoms with Crippen LogP contribution in [-0.2, 0) is 0 Å². The Morgan fingerprint density at radius 1 is 1.08 bits per heavy atom. The van der Waals surface area contributed by atoms with Gasteiger partial charge in [0.25, 0.3) is 11.8 Å². The third-order valence-corrected chi connectivity index (χ3v) is 4.07. The number of nitrogens with zero attached hydrogens (tertiary/aromatic N) is 2. The molecule has 0 atom stereocenters. The van der Waals surface area contributed by atoms with E-state index in [1.54, 1.807) is 47.3 Å². The van der Waals surface area contributed by atoms with Gasteiger partial charge >= 0.3 is 0 Å². The average Bonchev–Trinajstić information content (AvgIpc) is 3.09. The predicted octanol–water partition coefficient (Wildman–Crippen LogP) is 3.64. The van der Waals surface area contributed by atoms with Crippen molar-refractivity contribution < 1.29 is 9.59 Å². The van der Waals surface area contributed by atoms with Crippen LogP contribution in [0.15, 0.2) is 65.4 Å². The van der Waals surface area contributed by atoms with E-state index in [4.69, 9.17) is 0 Å². The van der Waals surface area contributed by atoms with Crippen molar-refractivity contribution in [1.29, 1.82) is 0 Å². The first-order chi connectivity index (χ1) is 12.6. The van der Waals surface area contributed by atoms with E-state index in [1.807, 2.05) is 25.3 Å². The summed E-state index contributed by atoms with van der Waals surface area (Å²) in [4.78, 5) is 24.3. The Morgan fingerprint density at radius 3 is 2.50 bits per heavy atom. The Bertz CT molecular complexity index is 935. The van der Waals surface area contributed by atoms with Crippen molar-refractivity contribution in [1.82, 2.24) is 15.1 Å². The average molecular weight is 413 g/mol. The fraction of sp³-hybridized carbons (Fsp3) is 0.105. The van der Waals surface area contributed by atoms with Crippen molar-refractivity contribution in [2.24, 2.45) is 0 Å². The van der Waals surface area contributed by atoms with Crippen LogP contribution in [0.1, 0.15) is 27.6 Å². The first-order valence-electron chi connectivity index (χ1n) is 8.07. The quantitative estimate of drug-likeness (QED) is 0.671. The number of nitrogens with one attached hydrogen (secondary N) is 2. The number of carbonyl (C=O) groups excluding carboxylic acids is 2. The highest BCUT2D eigenvalue weighted by Crippen LogP contribution is 2.15. The number of hydrogen-bond acceptors (Lipinski definition) is 3. The smallest absolute Gasteiger partial charge is 0.255 e. The topological polar surface area (TPSA) is 76.0 Å². The van der Waals surface area contributed by atoms with Crippen LogP contribution in [0.4, 0.5) is 5.69 Å². The highest BCUT2D eigenvalue weighted by atomic mass is 79.9. The van der Waals surface area contributed by atoms with E-state index in [1.165, 1.54) is 0 Å². The Morgan fingerprint density at radius 2 is 1.85 bits per heavy atom. The predicted molar refractivity (Wildman–Crippen MR) is 104 cm³/mol. The van der Waals surface area contributed by atoms with Crippen LogP contribution in [0.25, 0.3) is 5.69 Å². The van der Waals surface area contributed by atoms with Crippen molar-refractivity contribution >= 4 is 33.4 Å². The van der Waals surface area contributed by atoms with Crippen molar-refractivity contribution in [2.75, 3.05) is 11.9 Å². The monoisotopic (exact) mass is 412 g/mol. The molecule has 1 aromatic heterocycles. The summed E-state index contributed by atoms with van der Waals surface area (Å²) in [6.07, 6.45) is 3.53. The molecule has 3 aromatic rings. The van der Waals surface area contributed by atoms with Crippen LogP contribution in [0, 0.1) is 0 Å². The number of hydrogen-bond donors (Lipinski definition) is 2. The highest BCUT2D eigenvalue weighted by molar-refractivity contribution is 9.10. The largest absolute Gasteiger partial charge is 0.352 e. The first-order valence-corrected chi connectivity index (χ1v) is 8.86. The summed E-state index contributed by atoms with van der Waals surface area (Å²) >= 11 is 3.35. The maximum absolute atomic E-state index is 12.4. The third-order valence-electron chi connectivity index (χ3n) is 3.67. The Balaban J connectivity index is 1.72. The van der Waals surface area contributed by atoms with Crippen LogP contribution in [0.2, 0.25) is 0 Å². The van der Waals surface area contributed by atoms with Gasteiger partial charge in [0, 0.05) is 29.6 Å². The van der Waals surface area contributed by atoms with Gasteiger partial charge < -0.3 is 10.6 Å². The summed E-state index contributed by atoms with van der Waals surface area (Å²) in [6.45, 7) is 2.41. The van der Waals surface area contributed by atoms with Gasteiger partial charge in [-0.05, 0) is 65.3 Å². The number of rotatable bonds is 5. The summed E-state index contributed by atoms with van der Waals surface area (Å²) in [6, 6.07) is 13.9. The molecule has 2 amide bonds. The van der Waals surface area contributed by atoms with E-state index < -0.39 is 0 Å². The second kappa shape index (κ2) is 7.97. The second-order valence-electron chi connectivity index (χ2n) is 5.54. The molecule has 0 fully saturated rings. The van der Waals surface area contributed by atoms with Crippen molar-refractivity contribution in [2.45, 2.75) is 6.92 Å². The molecule has 0 saturated carbocycles. The van der Waals surface area contributed by atoms with Gasteiger partial charge in [0.15, 0.2) is 0 Å². The molecule has 0 saturated heterocycles. The van der Waals surface area contributed by atoms with Gasteiger partial charge in [0.2, 0.25) is 0 Å². The van der Waals surface area contributed by atoms with Crippen LogP contribution >= 0.6 is 15.9 Å². The number of anilines is 1. The number of amides is 2. The van der Waals surface area contributed by atoms with Gasteiger partial charge in [-0.2, -0.15) is 5.10 Å². The molecule has 0 aliphatic rings. The van der Waals surface area contributed by atoms with E-state index in [-0.39, 0.29) is 11.8 Å². The lowest BCUT2D eigenvalue weighted by molar-refractivity contribution is 0.0954. The van der Waals surface area contributed by atoms with Crippen LogP contribution in [0.5, 0.6) is 0 Å². The van der Waals surface area contributed by atoms with E-state index in [0.717, 1.165) is 10.2 Å². The normalized spacial score (nSPS) is 10.4. The minimum Gasteiger partial charge on any atom is -0.352 e. The molecule has 0 aliphatic heterocycles. The Labute approximate surface area is 159 Å². The van der Waals surface area contributed by atoms with E-state index in [0.29, 0.717) is 23.4 Å². The molecule has 132 valence electrons. The minimum atomic E-state index is -0.244. The summed E-state index contributed by atoms with van der Waals surface area (Å²) < 4.78 is 2.59. The van der Waals surface area contributed by atoms with Crippen molar-refractivity contribution in [3.63, 3.8) is 0 Å². The molecule has 0 unspecified atom stereocenters. The van der Waals surface area contributed by atoms with Crippen molar-refractivity contribution in [3.8, 4) is 5.69 Å². The summed E-state index contributed by atoms with van der Waals surface area (Å²) in [5.41, 5.74) is 2.44. The third kappa shape index (κ3) is 4.18. The zero-order chi connectivity index (χ0) is 18.5. The number of aromatic nitrogens is 2. The number of benzene rings is 2. The summed E-state index contributed by atoms with van der Waals surface area (Å²) in [7, 11) is 0. The van der Waals surface area contributed by atoms with Crippen LogP contribution in [-0.4, -0.2) is 28.1 Å². The fourth-order valence-corrected chi connectivity index (χ4v) is 2.70. The summed E-state index contributed by atoms with van der Waals surface area (Å²) in [5.74, 6) is -0.412. The second-order valence-corrected chi connectivity index (χ2v) is 6.46. The number of carbonyl (C=O) groups is 2. The Kier molecular flexibility index (Phi) is 5.48. The Hall–Kier alpha value is -2.93. The molecule has 0 aliphatic carbocycles. The maximum Gasteiger partial charge on any atom is 0.255 e. The molecular weight excluding hydrogens is 396 g/mol. The molecule has 1 heterocycles. The maximum atomic E-state index is 12.4. The molecule has 6 nitrogen and oxygen atoms in total. The molecule has 26 heavy (non-hydrogen) atoms. The van der Waals surface area contributed by atoms with Gasteiger partial charge in [-0.3, -0.25) is 9.59 Å². The van der Waals surface area contributed by atoms with Crippen LogP contribution < -0.4 is 10.6 Å². The van der Waals surface area contributed by atoms with Crippen LogP contribution in [0.3, 0.4) is 0 Å². The van der Waals surface area contributed by atoms with Gasteiger partial charge in [0.1, 0.15) is 0 Å². The summed E-state index contributed by atoms with van der Waals surface area (Å²) in [5, 5.41) is 9.75. The van der Waals surface area contributed by atoms with Gasteiger partial charge in [-0.1, -0.05) is 6.07 Å². The lowest BCUT2D eigenvalue weighted by atomic mass is 10.1. The molecule has 0 bridgehead atoms. The van der Waals surface area contributed by atoms with Gasteiger partial charge in [-0.15, -0.1) is 0 Å². The minimum absolute atomic E-state index is 0.168. The molecule has 2 aromatic carbocycles. The van der Waals surface area contributed by atoms with E-state index in [2.05, 4.69) is 31.7 Å². The zero-order valence-electron chi connectivity index (χ0n) is 14.1. The lowest BCUT2D eigenvalue weighted by Crippen LogP contribution is -2.22. The molecule has 3 rings (SSSR count). The molecule has 2 N–H and O–H groups in total.